The minimum atomic E-state index is -0.555. The first-order valence-corrected chi connectivity index (χ1v) is 11.9. The lowest BCUT2D eigenvalue weighted by atomic mass is 9.60. The van der Waals surface area contributed by atoms with Crippen molar-refractivity contribution in [1.29, 1.82) is 0 Å². The molecule has 0 aromatic rings. The molecule has 5 atom stereocenters. The Bertz CT molecular complexity index is 653. The number of aliphatic hydroxyl groups is 2. The molecule has 3 saturated carbocycles. The van der Waals surface area contributed by atoms with Crippen LogP contribution in [0.25, 0.3) is 0 Å². The SMILES string of the molecule is C[C@H](CCCC(C)(C)O)[C@H]1CC[C@H]2/C(=C/C=C3\C[C@@H](O)CCC3=O)CCC[C@]12C. The second kappa shape index (κ2) is 9.06. The Morgan fingerprint density at radius 1 is 1.21 bits per heavy atom. The third kappa shape index (κ3) is 5.41. The molecular weight excluding hydrogens is 360 g/mol. The van der Waals surface area contributed by atoms with E-state index in [9.17, 15) is 15.0 Å². The average molecular weight is 403 g/mol. The number of ketones is 1. The van der Waals surface area contributed by atoms with Crippen molar-refractivity contribution in [2.45, 2.75) is 110 Å². The predicted molar refractivity (Wildman–Crippen MR) is 119 cm³/mol. The zero-order chi connectivity index (χ0) is 21.2. The monoisotopic (exact) mass is 402 g/mol. The van der Waals surface area contributed by atoms with E-state index in [1.807, 2.05) is 19.9 Å². The Balaban J connectivity index is 1.68. The number of hydrogen-bond acceptors (Lipinski definition) is 3. The zero-order valence-corrected chi connectivity index (χ0v) is 19.0. The second-order valence-electron chi connectivity index (χ2n) is 11.0. The fourth-order valence-electron chi connectivity index (χ4n) is 6.57. The number of fused-ring (bicyclic) bond motifs is 1. The van der Waals surface area contributed by atoms with Gasteiger partial charge in [0.25, 0.3) is 0 Å². The van der Waals surface area contributed by atoms with Crippen molar-refractivity contribution in [3.8, 4) is 0 Å². The van der Waals surface area contributed by atoms with Gasteiger partial charge in [-0.2, -0.15) is 0 Å². The highest BCUT2D eigenvalue weighted by Crippen LogP contribution is 2.59. The van der Waals surface area contributed by atoms with Crippen molar-refractivity contribution in [3.63, 3.8) is 0 Å². The summed E-state index contributed by atoms with van der Waals surface area (Å²) in [4.78, 5) is 12.2. The number of carbonyl (C=O) groups excluding carboxylic acids is 1. The molecule has 3 aliphatic rings. The van der Waals surface area contributed by atoms with Gasteiger partial charge in [-0.3, -0.25) is 4.79 Å². The van der Waals surface area contributed by atoms with Crippen LogP contribution in [0, 0.1) is 23.2 Å². The molecule has 0 spiro atoms. The summed E-state index contributed by atoms with van der Waals surface area (Å²) in [5.41, 5.74) is 2.16. The molecule has 0 amide bonds. The number of hydrogen-bond donors (Lipinski definition) is 2. The first-order chi connectivity index (χ1) is 13.6. The molecule has 0 unspecified atom stereocenters. The number of aliphatic hydroxyl groups excluding tert-OH is 1. The van der Waals surface area contributed by atoms with E-state index < -0.39 is 5.60 Å². The van der Waals surface area contributed by atoms with Gasteiger partial charge in [-0.25, -0.2) is 0 Å². The van der Waals surface area contributed by atoms with Crippen LogP contribution in [0.15, 0.2) is 23.3 Å². The summed E-state index contributed by atoms with van der Waals surface area (Å²) in [6, 6.07) is 0. The van der Waals surface area contributed by atoms with E-state index in [1.54, 1.807) is 0 Å². The lowest BCUT2D eigenvalue weighted by Crippen LogP contribution is -2.36. The topological polar surface area (TPSA) is 57.5 Å². The Kier molecular flexibility index (Phi) is 7.10. The summed E-state index contributed by atoms with van der Waals surface area (Å²) in [6.07, 6.45) is 15.0. The van der Waals surface area contributed by atoms with Crippen molar-refractivity contribution < 1.29 is 15.0 Å². The smallest absolute Gasteiger partial charge is 0.159 e. The second-order valence-corrected chi connectivity index (χ2v) is 11.0. The molecule has 164 valence electrons. The highest BCUT2D eigenvalue weighted by Gasteiger charge is 2.50. The van der Waals surface area contributed by atoms with Gasteiger partial charge in [-0.05, 0) is 87.5 Å². The van der Waals surface area contributed by atoms with Crippen LogP contribution in [-0.4, -0.2) is 27.7 Å². The molecule has 0 heterocycles. The first kappa shape index (κ1) is 22.7. The molecule has 0 aromatic heterocycles. The molecule has 0 aliphatic heterocycles. The summed E-state index contributed by atoms with van der Waals surface area (Å²) >= 11 is 0. The molecule has 2 N–H and O–H groups in total. The van der Waals surface area contributed by atoms with Gasteiger partial charge in [0.05, 0.1) is 11.7 Å². The van der Waals surface area contributed by atoms with Crippen LogP contribution in [0.1, 0.15) is 98.3 Å². The summed E-state index contributed by atoms with van der Waals surface area (Å²) in [5.74, 6) is 2.30. The van der Waals surface area contributed by atoms with E-state index in [-0.39, 0.29) is 11.9 Å². The molecule has 3 fully saturated rings. The minimum Gasteiger partial charge on any atom is -0.393 e. The van der Waals surface area contributed by atoms with Gasteiger partial charge < -0.3 is 10.2 Å². The van der Waals surface area contributed by atoms with Crippen LogP contribution in [0.2, 0.25) is 0 Å². The van der Waals surface area contributed by atoms with Crippen LogP contribution in [-0.2, 0) is 4.79 Å². The largest absolute Gasteiger partial charge is 0.393 e. The van der Waals surface area contributed by atoms with Gasteiger partial charge in [-0.15, -0.1) is 0 Å². The summed E-state index contributed by atoms with van der Waals surface area (Å²) in [6.45, 7) is 8.75. The lowest BCUT2D eigenvalue weighted by Gasteiger charge is -2.44. The van der Waals surface area contributed by atoms with Crippen LogP contribution in [0.5, 0.6) is 0 Å². The van der Waals surface area contributed by atoms with E-state index >= 15 is 0 Å². The zero-order valence-electron chi connectivity index (χ0n) is 19.0. The maximum Gasteiger partial charge on any atom is 0.159 e. The molecule has 3 aliphatic carbocycles. The molecule has 29 heavy (non-hydrogen) atoms. The number of Topliss-reactive ketones (excluding diaryl/α,β-unsaturated/α-hetero) is 1. The normalized spacial score (nSPS) is 37.2. The average Bonchev–Trinajstić information content (AvgIpc) is 2.99. The van der Waals surface area contributed by atoms with E-state index in [0.717, 1.165) is 30.8 Å². The van der Waals surface area contributed by atoms with Crippen LogP contribution >= 0.6 is 0 Å². The third-order valence-electron chi connectivity index (χ3n) is 8.19. The molecule has 3 rings (SSSR count). The predicted octanol–water partition coefficient (Wildman–Crippen LogP) is 5.75. The Morgan fingerprint density at radius 2 is 1.97 bits per heavy atom. The quantitative estimate of drug-likeness (QED) is 0.556. The molecule has 0 bridgehead atoms. The molecule has 3 nitrogen and oxygen atoms in total. The van der Waals surface area contributed by atoms with E-state index in [1.165, 1.54) is 37.7 Å². The highest BCUT2D eigenvalue weighted by molar-refractivity contribution is 5.96. The fourth-order valence-corrected chi connectivity index (χ4v) is 6.57. The molecule has 3 heteroatoms. The Hall–Kier alpha value is -0.930. The van der Waals surface area contributed by atoms with Gasteiger partial charge in [0.15, 0.2) is 5.78 Å². The van der Waals surface area contributed by atoms with Crippen molar-refractivity contribution in [2.75, 3.05) is 0 Å². The Morgan fingerprint density at radius 3 is 2.69 bits per heavy atom. The minimum absolute atomic E-state index is 0.218. The first-order valence-electron chi connectivity index (χ1n) is 11.9. The van der Waals surface area contributed by atoms with Crippen molar-refractivity contribution in [2.24, 2.45) is 23.2 Å². The van der Waals surface area contributed by atoms with Gasteiger partial charge >= 0.3 is 0 Å². The van der Waals surface area contributed by atoms with Gasteiger partial charge in [0.2, 0.25) is 0 Å². The van der Waals surface area contributed by atoms with Gasteiger partial charge in [0, 0.05) is 12.8 Å². The van der Waals surface area contributed by atoms with Crippen molar-refractivity contribution >= 4 is 5.78 Å². The lowest BCUT2D eigenvalue weighted by molar-refractivity contribution is -0.117. The maximum absolute atomic E-state index is 12.2. The summed E-state index contributed by atoms with van der Waals surface area (Å²) in [5, 5.41) is 19.9. The molecule has 0 aromatic carbocycles. The highest BCUT2D eigenvalue weighted by atomic mass is 16.3. The van der Waals surface area contributed by atoms with Crippen molar-refractivity contribution in [1.82, 2.24) is 0 Å². The Labute approximate surface area is 177 Å². The van der Waals surface area contributed by atoms with E-state index in [0.29, 0.717) is 36.5 Å². The maximum atomic E-state index is 12.2. The van der Waals surface area contributed by atoms with Crippen LogP contribution in [0.3, 0.4) is 0 Å². The number of allylic oxidation sites excluding steroid dienone is 3. The van der Waals surface area contributed by atoms with Crippen molar-refractivity contribution in [3.05, 3.63) is 23.3 Å². The summed E-state index contributed by atoms with van der Waals surface area (Å²) < 4.78 is 0. The van der Waals surface area contributed by atoms with E-state index in [4.69, 9.17) is 0 Å². The van der Waals surface area contributed by atoms with E-state index in [2.05, 4.69) is 19.9 Å². The molecule has 0 radical (unpaired) electrons. The summed E-state index contributed by atoms with van der Waals surface area (Å²) in [7, 11) is 0. The van der Waals surface area contributed by atoms with Gasteiger partial charge in [-0.1, -0.05) is 44.4 Å². The van der Waals surface area contributed by atoms with Crippen LogP contribution in [0.4, 0.5) is 0 Å². The third-order valence-corrected chi connectivity index (χ3v) is 8.19. The molecular formula is C26H42O3. The van der Waals surface area contributed by atoms with Crippen LogP contribution < -0.4 is 0 Å². The number of rotatable bonds is 6. The number of carbonyl (C=O) groups is 1. The fraction of sp³-hybridized carbons (Fsp3) is 0.808. The van der Waals surface area contributed by atoms with Gasteiger partial charge in [0.1, 0.15) is 0 Å². The molecule has 0 saturated heterocycles. The standard InChI is InChI=1S/C26H42O3/c1-18(7-5-15-25(2,3)29)22-12-13-23-19(8-6-16-26(22,23)4)9-10-20-17-21(27)11-14-24(20)28/h9-10,18,21-23,27,29H,5-8,11-17H2,1-4H3/b19-9+,20-10+/t18-,21+,22-,23+,26-/m1/s1.